The van der Waals surface area contributed by atoms with E-state index in [0.29, 0.717) is 5.82 Å². The van der Waals surface area contributed by atoms with E-state index in [1.807, 2.05) is 6.92 Å². The van der Waals surface area contributed by atoms with Gasteiger partial charge < -0.3 is 15.8 Å². The van der Waals surface area contributed by atoms with Gasteiger partial charge in [-0.15, -0.1) is 0 Å². The number of nitrogens with zero attached hydrogens (tertiary/aromatic N) is 2. The molecule has 0 aromatic carbocycles. The number of rotatable bonds is 6. The Morgan fingerprint density at radius 3 is 2.63 bits per heavy atom. The van der Waals surface area contributed by atoms with Crippen LogP contribution in [-0.4, -0.2) is 29.2 Å². The Hall–Kier alpha value is -1.36. The van der Waals surface area contributed by atoms with Crippen molar-refractivity contribution in [2.45, 2.75) is 51.6 Å². The normalized spacial score (nSPS) is 17.0. The van der Waals surface area contributed by atoms with Crippen molar-refractivity contribution in [1.82, 2.24) is 9.97 Å². The summed E-state index contributed by atoms with van der Waals surface area (Å²) in [6.45, 7) is 4.85. The number of anilines is 2. The predicted octanol–water partition coefficient (Wildman–Crippen LogP) is 2.30. The van der Waals surface area contributed by atoms with Crippen LogP contribution in [0.5, 0.6) is 0 Å². The van der Waals surface area contributed by atoms with Crippen LogP contribution in [0.3, 0.4) is 0 Å². The first-order valence-corrected chi connectivity index (χ1v) is 7.02. The average Bonchev–Trinajstić information content (AvgIpc) is 2.34. The second-order valence-corrected chi connectivity index (χ2v) is 5.34. The van der Waals surface area contributed by atoms with Gasteiger partial charge in [-0.1, -0.05) is 6.92 Å². The zero-order valence-electron chi connectivity index (χ0n) is 12.1. The number of aryl methyl sites for hydroxylation is 1. The second-order valence-electron chi connectivity index (χ2n) is 5.34. The van der Waals surface area contributed by atoms with E-state index in [9.17, 15) is 0 Å². The van der Waals surface area contributed by atoms with Crippen LogP contribution < -0.4 is 11.1 Å². The molecule has 1 aromatic heterocycles. The molecule has 0 spiro atoms. The Kier molecular flexibility index (Phi) is 4.24. The minimum atomic E-state index is -0.0168. The molecule has 5 nitrogen and oxygen atoms in total. The van der Waals surface area contributed by atoms with E-state index in [2.05, 4.69) is 22.2 Å². The number of hydrogen-bond acceptors (Lipinski definition) is 5. The number of aromatic nitrogens is 2. The molecule has 0 aliphatic heterocycles. The highest BCUT2D eigenvalue weighted by atomic mass is 16.5. The highest BCUT2D eigenvalue weighted by molar-refractivity contribution is 5.55. The molecule has 0 atom stereocenters. The summed E-state index contributed by atoms with van der Waals surface area (Å²) < 4.78 is 5.61. The molecule has 1 fully saturated rings. The van der Waals surface area contributed by atoms with Gasteiger partial charge in [0.05, 0.1) is 5.60 Å². The Morgan fingerprint density at radius 2 is 2.11 bits per heavy atom. The third-order valence-electron chi connectivity index (χ3n) is 3.98. The second kappa shape index (κ2) is 5.74. The lowest BCUT2D eigenvalue weighted by molar-refractivity contribution is -0.0601. The molecule has 1 aliphatic carbocycles. The van der Waals surface area contributed by atoms with E-state index in [1.54, 1.807) is 7.11 Å². The van der Waals surface area contributed by atoms with Crippen LogP contribution in [0.2, 0.25) is 0 Å². The number of nitrogen functional groups attached to an aromatic ring is 1. The molecule has 1 aromatic rings. The molecule has 1 saturated carbocycles. The van der Waals surface area contributed by atoms with Gasteiger partial charge in [0.15, 0.2) is 0 Å². The molecule has 0 bridgehead atoms. The van der Waals surface area contributed by atoms with Gasteiger partial charge in [0.2, 0.25) is 0 Å². The van der Waals surface area contributed by atoms with Gasteiger partial charge in [0, 0.05) is 25.6 Å². The van der Waals surface area contributed by atoms with E-state index in [0.717, 1.165) is 49.4 Å². The van der Waals surface area contributed by atoms with E-state index in [-0.39, 0.29) is 5.60 Å². The first-order valence-electron chi connectivity index (χ1n) is 7.02. The van der Waals surface area contributed by atoms with Crippen molar-refractivity contribution in [2.75, 3.05) is 24.7 Å². The molecule has 106 valence electrons. The summed E-state index contributed by atoms with van der Waals surface area (Å²) in [5.74, 6) is 2.23. The highest BCUT2D eigenvalue weighted by Crippen LogP contribution is 2.35. The number of nitrogens with two attached hydrogens (primary N) is 1. The van der Waals surface area contributed by atoms with Gasteiger partial charge >= 0.3 is 0 Å². The van der Waals surface area contributed by atoms with Crippen molar-refractivity contribution in [3.63, 3.8) is 0 Å². The lowest BCUT2D eigenvalue weighted by Gasteiger charge is -2.40. The maximum Gasteiger partial charge on any atom is 0.134 e. The molecule has 2 rings (SSSR count). The number of methoxy groups -OCH3 is 1. The first-order chi connectivity index (χ1) is 9.10. The number of nitrogens with one attached hydrogen (secondary N) is 1. The average molecular weight is 264 g/mol. The van der Waals surface area contributed by atoms with Crippen LogP contribution in [0.15, 0.2) is 0 Å². The zero-order chi connectivity index (χ0) is 13.9. The monoisotopic (exact) mass is 264 g/mol. The van der Waals surface area contributed by atoms with Crippen molar-refractivity contribution < 1.29 is 4.74 Å². The molecule has 0 amide bonds. The van der Waals surface area contributed by atoms with Crippen LogP contribution in [0, 0.1) is 6.92 Å². The van der Waals surface area contributed by atoms with Crippen molar-refractivity contribution in [1.29, 1.82) is 0 Å². The number of ether oxygens (including phenoxy) is 1. The van der Waals surface area contributed by atoms with Crippen molar-refractivity contribution in [2.24, 2.45) is 0 Å². The Morgan fingerprint density at radius 1 is 1.37 bits per heavy atom. The van der Waals surface area contributed by atoms with Gasteiger partial charge in [-0.05, 0) is 32.6 Å². The van der Waals surface area contributed by atoms with Crippen LogP contribution in [0.1, 0.15) is 44.0 Å². The maximum atomic E-state index is 5.95. The standard InChI is InChI=1S/C14H24N4O/c1-4-6-11-17-12(15)10(2)13(18-11)16-9-14(19-3)7-5-8-14/h4-9H2,1-3H3,(H3,15,16,17,18). The van der Waals surface area contributed by atoms with E-state index < -0.39 is 0 Å². The third kappa shape index (κ3) is 2.97. The lowest BCUT2D eigenvalue weighted by Crippen LogP contribution is -2.45. The minimum absolute atomic E-state index is 0.0168. The van der Waals surface area contributed by atoms with Crippen LogP contribution in [-0.2, 0) is 11.2 Å². The molecule has 5 heteroatoms. The largest absolute Gasteiger partial charge is 0.383 e. The van der Waals surface area contributed by atoms with Gasteiger partial charge in [0.1, 0.15) is 17.5 Å². The zero-order valence-corrected chi connectivity index (χ0v) is 12.1. The summed E-state index contributed by atoms with van der Waals surface area (Å²) in [5, 5.41) is 3.39. The fourth-order valence-corrected chi connectivity index (χ4v) is 2.36. The van der Waals surface area contributed by atoms with Gasteiger partial charge in [-0.2, -0.15) is 0 Å². The fraction of sp³-hybridized carbons (Fsp3) is 0.714. The smallest absolute Gasteiger partial charge is 0.134 e. The number of hydrogen-bond donors (Lipinski definition) is 2. The van der Waals surface area contributed by atoms with Crippen LogP contribution in [0.25, 0.3) is 0 Å². The summed E-state index contributed by atoms with van der Waals surface area (Å²) in [4.78, 5) is 8.88. The fourth-order valence-electron chi connectivity index (χ4n) is 2.36. The summed E-state index contributed by atoms with van der Waals surface area (Å²) in [6.07, 6.45) is 5.33. The Labute approximate surface area is 115 Å². The SMILES string of the molecule is CCCc1nc(N)c(C)c(NCC2(OC)CCC2)n1. The Balaban J connectivity index is 2.10. The van der Waals surface area contributed by atoms with E-state index >= 15 is 0 Å². The van der Waals surface area contributed by atoms with E-state index in [4.69, 9.17) is 10.5 Å². The first kappa shape index (κ1) is 14.1. The molecule has 3 N–H and O–H groups in total. The maximum absolute atomic E-state index is 5.95. The van der Waals surface area contributed by atoms with Crippen molar-refractivity contribution >= 4 is 11.6 Å². The van der Waals surface area contributed by atoms with E-state index in [1.165, 1.54) is 6.42 Å². The minimum Gasteiger partial charge on any atom is -0.383 e. The molecule has 1 heterocycles. The summed E-state index contributed by atoms with van der Waals surface area (Å²) in [5.41, 5.74) is 6.85. The quantitative estimate of drug-likeness (QED) is 0.824. The molecule has 0 radical (unpaired) electrons. The van der Waals surface area contributed by atoms with Gasteiger partial charge in [-0.25, -0.2) is 9.97 Å². The molecule has 1 aliphatic rings. The van der Waals surface area contributed by atoms with Crippen LogP contribution >= 0.6 is 0 Å². The molecule has 19 heavy (non-hydrogen) atoms. The summed E-state index contributed by atoms with van der Waals surface area (Å²) in [7, 11) is 1.78. The van der Waals surface area contributed by atoms with Gasteiger partial charge in [0.25, 0.3) is 0 Å². The Bertz CT molecular complexity index is 438. The molecule has 0 unspecified atom stereocenters. The lowest BCUT2D eigenvalue weighted by atomic mass is 9.80. The topological polar surface area (TPSA) is 73.1 Å². The predicted molar refractivity (Wildman–Crippen MR) is 77.3 cm³/mol. The van der Waals surface area contributed by atoms with Gasteiger partial charge in [-0.3, -0.25) is 0 Å². The molecular formula is C14H24N4O. The third-order valence-corrected chi connectivity index (χ3v) is 3.98. The summed E-state index contributed by atoms with van der Waals surface area (Å²) in [6, 6.07) is 0. The highest BCUT2D eigenvalue weighted by Gasteiger charge is 2.36. The molecular weight excluding hydrogens is 240 g/mol. The molecule has 0 saturated heterocycles. The van der Waals surface area contributed by atoms with Crippen molar-refractivity contribution in [3.8, 4) is 0 Å². The summed E-state index contributed by atoms with van der Waals surface area (Å²) >= 11 is 0. The van der Waals surface area contributed by atoms with Crippen LogP contribution in [0.4, 0.5) is 11.6 Å². The van der Waals surface area contributed by atoms with Crippen molar-refractivity contribution in [3.05, 3.63) is 11.4 Å².